The maximum atomic E-state index is 12.5. The molecule has 0 fully saturated rings. The lowest BCUT2D eigenvalue weighted by atomic mass is 10.2. The van der Waals surface area contributed by atoms with E-state index in [1.165, 1.54) is 23.5 Å². The predicted octanol–water partition coefficient (Wildman–Crippen LogP) is 1.91. The lowest BCUT2D eigenvalue weighted by Gasteiger charge is -2.20. The number of nitrogens with one attached hydrogen (secondary N) is 1. The second-order valence-corrected chi connectivity index (χ2v) is 6.88. The highest BCUT2D eigenvalue weighted by Gasteiger charge is 2.26. The molecule has 0 aromatic heterocycles. The summed E-state index contributed by atoms with van der Waals surface area (Å²) in [6, 6.07) is 3.75. The summed E-state index contributed by atoms with van der Waals surface area (Å²) in [6.07, 6.45) is 0. The molecule has 7 nitrogen and oxygen atoms in total. The van der Waals surface area contributed by atoms with Crippen LogP contribution in [0.4, 0.5) is 11.4 Å². The molecule has 20 heavy (non-hydrogen) atoms. The smallest absolute Gasteiger partial charge is 0.270 e. The van der Waals surface area contributed by atoms with Gasteiger partial charge in [0.2, 0.25) is 10.0 Å². The predicted molar refractivity (Wildman–Crippen MR) is 77.3 cm³/mol. The van der Waals surface area contributed by atoms with E-state index in [1.54, 1.807) is 7.05 Å². The van der Waals surface area contributed by atoms with E-state index >= 15 is 0 Å². The van der Waals surface area contributed by atoms with Crippen molar-refractivity contribution in [2.24, 2.45) is 5.92 Å². The Morgan fingerprint density at radius 3 is 2.45 bits per heavy atom. The SMILES string of the molecule is CNc1ccc([N+](=O)[O-])cc1S(=O)(=O)N(C)CC(C)C. The second-order valence-electron chi connectivity index (χ2n) is 4.87. The quantitative estimate of drug-likeness (QED) is 0.640. The molecule has 0 saturated carbocycles. The number of sulfonamides is 1. The second kappa shape index (κ2) is 6.19. The number of nitro groups is 1. The molecule has 1 aromatic rings. The van der Waals surface area contributed by atoms with Crippen molar-refractivity contribution >= 4 is 21.4 Å². The topological polar surface area (TPSA) is 92.5 Å². The maximum absolute atomic E-state index is 12.5. The fourth-order valence-corrected chi connectivity index (χ4v) is 3.37. The van der Waals surface area contributed by atoms with Crippen molar-refractivity contribution in [1.82, 2.24) is 4.31 Å². The number of non-ortho nitro benzene ring substituents is 1. The standard InChI is InChI=1S/C12H19N3O4S/c1-9(2)8-14(4)20(18,19)12-7-10(15(16)17)5-6-11(12)13-3/h5-7,9,13H,8H2,1-4H3. The Hall–Kier alpha value is -1.67. The van der Waals surface area contributed by atoms with Gasteiger partial charge in [0.05, 0.1) is 10.6 Å². The third kappa shape index (κ3) is 3.45. The van der Waals surface area contributed by atoms with Gasteiger partial charge in [-0.2, -0.15) is 0 Å². The highest BCUT2D eigenvalue weighted by molar-refractivity contribution is 7.89. The molecular weight excluding hydrogens is 282 g/mol. The van der Waals surface area contributed by atoms with Gasteiger partial charge >= 0.3 is 0 Å². The van der Waals surface area contributed by atoms with Crippen LogP contribution in [0.5, 0.6) is 0 Å². The van der Waals surface area contributed by atoms with Crippen molar-refractivity contribution in [3.05, 3.63) is 28.3 Å². The van der Waals surface area contributed by atoms with Gasteiger partial charge in [0, 0.05) is 32.8 Å². The highest BCUT2D eigenvalue weighted by Crippen LogP contribution is 2.28. The number of anilines is 1. The van der Waals surface area contributed by atoms with E-state index in [0.717, 1.165) is 6.07 Å². The van der Waals surface area contributed by atoms with E-state index in [1.807, 2.05) is 13.8 Å². The molecule has 0 unspecified atom stereocenters. The van der Waals surface area contributed by atoms with Crippen LogP contribution in [0.3, 0.4) is 0 Å². The van der Waals surface area contributed by atoms with Gasteiger partial charge in [-0.3, -0.25) is 10.1 Å². The van der Waals surface area contributed by atoms with Crippen LogP contribution in [-0.4, -0.2) is 38.3 Å². The number of rotatable bonds is 6. The Morgan fingerprint density at radius 1 is 1.40 bits per heavy atom. The normalized spacial score (nSPS) is 11.9. The molecule has 0 radical (unpaired) electrons. The molecule has 112 valence electrons. The van der Waals surface area contributed by atoms with E-state index in [9.17, 15) is 18.5 Å². The van der Waals surface area contributed by atoms with Crippen molar-refractivity contribution in [3.63, 3.8) is 0 Å². The molecular formula is C12H19N3O4S. The molecule has 0 bridgehead atoms. The van der Waals surface area contributed by atoms with E-state index in [0.29, 0.717) is 12.2 Å². The van der Waals surface area contributed by atoms with Gasteiger partial charge < -0.3 is 5.32 Å². The Kier molecular flexibility index (Phi) is 5.07. The Balaban J connectivity index is 3.35. The number of hydrogen-bond donors (Lipinski definition) is 1. The molecule has 1 N–H and O–H groups in total. The number of benzene rings is 1. The summed E-state index contributed by atoms with van der Waals surface area (Å²) in [5.74, 6) is 0.159. The number of nitrogens with zero attached hydrogens (tertiary/aromatic N) is 2. The zero-order valence-electron chi connectivity index (χ0n) is 12.0. The molecule has 8 heteroatoms. The monoisotopic (exact) mass is 301 g/mol. The minimum Gasteiger partial charge on any atom is -0.387 e. The van der Waals surface area contributed by atoms with Gasteiger partial charge in [0.25, 0.3) is 5.69 Å². The minimum absolute atomic E-state index is 0.0858. The van der Waals surface area contributed by atoms with Gasteiger partial charge in [-0.1, -0.05) is 13.8 Å². The highest BCUT2D eigenvalue weighted by atomic mass is 32.2. The molecule has 0 saturated heterocycles. The van der Waals surface area contributed by atoms with Crippen molar-refractivity contribution in [1.29, 1.82) is 0 Å². The molecule has 0 spiro atoms. The Morgan fingerprint density at radius 2 is 2.00 bits per heavy atom. The summed E-state index contributed by atoms with van der Waals surface area (Å²) in [6.45, 7) is 4.14. The van der Waals surface area contributed by atoms with Gasteiger partial charge in [-0.05, 0) is 12.0 Å². The average Bonchev–Trinajstić information content (AvgIpc) is 2.36. The van der Waals surface area contributed by atoms with E-state index in [-0.39, 0.29) is 16.5 Å². The summed E-state index contributed by atoms with van der Waals surface area (Å²) >= 11 is 0. The lowest BCUT2D eigenvalue weighted by molar-refractivity contribution is -0.385. The van der Waals surface area contributed by atoms with Crippen LogP contribution >= 0.6 is 0 Å². The summed E-state index contributed by atoms with van der Waals surface area (Å²) in [7, 11) is -0.728. The van der Waals surface area contributed by atoms with Crippen molar-refractivity contribution < 1.29 is 13.3 Å². The van der Waals surface area contributed by atoms with Crippen molar-refractivity contribution in [2.45, 2.75) is 18.7 Å². The third-order valence-electron chi connectivity index (χ3n) is 2.76. The van der Waals surface area contributed by atoms with Gasteiger partial charge in [-0.25, -0.2) is 12.7 Å². The van der Waals surface area contributed by atoms with Gasteiger partial charge in [0.1, 0.15) is 4.90 Å². The fraction of sp³-hybridized carbons (Fsp3) is 0.500. The number of hydrogen-bond acceptors (Lipinski definition) is 5. The fourth-order valence-electron chi connectivity index (χ4n) is 1.82. The van der Waals surface area contributed by atoms with Crippen LogP contribution in [0.25, 0.3) is 0 Å². The molecule has 0 heterocycles. The van der Waals surface area contributed by atoms with E-state index in [4.69, 9.17) is 0 Å². The first-order valence-electron chi connectivity index (χ1n) is 6.12. The van der Waals surface area contributed by atoms with Crippen LogP contribution in [0.15, 0.2) is 23.1 Å². The Bertz CT molecular complexity index is 599. The van der Waals surface area contributed by atoms with Crippen LogP contribution < -0.4 is 5.32 Å². The van der Waals surface area contributed by atoms with Crippen LogP contribution in [0.2, 0.25) is 0 Å². The summed E-state index contributed by atoms with van der Waals surface area (Å²) in [5, 5.41) is 13.6. The van der Waals surface area contributed by atoms with Gasteiger partial charge in [-0.15, -0.1) is 0 Å². The average molecular weight is 301 g/mol. The zero-order valence-corrected chi connectivity index (χ0v) is 12.8. The first kappa shape index (κ1) is 16.4. The molecule has 0 aliphatic carbocycles. The first-order chi connectivity index (χ1) is 9.20. The van der Waals surface area contributed by atoms with Crippen LogP contribution in [0.1, 0.15) is 13.8 Å². The van der Waals surface area contributed by atoms with Gasteiger partial charge in [0.15, 0.2) is 0 Å². The largest absolute Gasteiger partial charge is 0.387 e. The van der Waals surface area contributed by atoms with E-state index in [2.05, 4.69) is 5.32 Å². The first-order valence-corrected chi connectivity index (χ1v) is 7.56. The summed E-state index contributed by atoms with van der Waals surface area (Å²) in [4.78, 5) is 10.1. The molecule has 0 aliphatic heterocycles. The summed E-state index contributed by atoms with van der Waals surface area (Å²) < 4.78 is 26.2. The third-order valence-corrected chi connectivity index (χ3v) is 4.62. The molecule has 1 rings (SSSR count). The maximum Gasteiger partial charge on any atom is 0.270 e. The van der Waals surface area contributed by atoms with E-state index < -0.39 is 14.9 Å². The zero-order chi connectivity index (χ0) is 15.5. The Labute approximate surface area is 118 Å². The summed E-state index contributed by atoms with van der Waals surface area (Å²) in [5.41, 5.74) is 0.0896. The molecule has 0 atom stereocenters. The lowest BCUT2D eigenvalue weighted by Crippen LogP contribution is -2.30. The molecule has 0 amide bonds. The molecule has 1 aromatic carbocycles. The minimum atomic E-state index is -3.77. The number of nitro benzene ring substituents is 1. The molecule has 0 aliphatic rings. The van der Waals surface area contributed by atoms with Crippen LogP contribution in [-0.2, 0) is 10.0 Å². The van der Waals surface area contributed by atoms with Crippen molar-refractivity contribution in [3.8, 4) is 0 Å². The van der Waals surface area contributed by atoms with Crippen molar-refractivity contribution in [2.75, 3.05) is 26.0 Å². The van der Waals surface area contributed by atoms with Crippen LogP contribution in [0, 0.1) is 16.0 Å².